The molecule has 1 aromatic heterocycles. The largest absolute Gasteiger partial charge is 0.416 e. The summed E-state index contributed by atoms with van der Waals surface area (Å²) in [6.07, 6.45) is -1.43. The minimum absolute atomic E-state index is 0.241. The zero-order valence-electron chi connectivity index (χ0n) is 14.8. The minimum atomic E-state index is -4.43. The van der Waals surface area contributed by atoms with Gasteiger partial charge in [0, 0.05) is 30.3 Å². The highest BCUT2D eigenvalue weighted by Crippen LogP contribution is 2.29. The molecule has 10 heteroatoms. The molecule has 150 valence electrons. The van der Waals surface area contributed by atoms with Crippen molar-refractivity contribution in [2.75, 3.05) is 16.0 Å². The first kappa shape index (κ1) is 20.4. The monoisotopic (exact) mass is 421 g/mol. The smallest absolute Gasteiger partial charge is 0.363 e. The SMILES string of the molecule is O=C(Nc1ccc(C(F)(F)F)cc1)Nc1cccc(CNc2nccnc2Cl)c1. The fraction of sp³-hybridized carbons (Fsp3) is 0.105. The van der Waals surface area contributed by atoms with E-state index in [0.717, 1.165) is 17.7 Å². The van der Waals surface area contributed by atoms with Gasteiger partial charge < -0.3 is 16.0 Å². The summed E-state index contributed by atoms with van der Waals surface area (Å²) in [5, 5.41) is 8.41. The molecule has 3 rings (SSSR count). The third-order valence-electron chi connectivity index (χ3n) is 3.77. The Morgan fingerprint density at radius 2 is 1.66 bits per heavy atom. The lowest BCUT2D eigenvalue weighted by Crippen LogP contribution is -2.19. The lowest BCUT2D eigenvalue weighted by atomic mass is 10.2. The van der Waals surface area contributed by atoms with Crippen LogP contribution in [0.2, 0.25) is 5.15 Å². The number of anilines is 3. The topological polar surface area (TPSA) is 78.9 Å². The molecule has 0 fully saturated rings. The Balaban J connectivity index is 1.58. The van der Waals surface area contributed by atoms with Gasteiger partial charge in [-0.1, -0.05) is 23.7 Å². The van der Waals surface area contributed by atoms with Crippen LogP contribution in [-0.4, -0.2) is 16.0 Å². The molecule has 6 nitrogen and oxygen atoms in total. The second-order valence-corrected chi connectivity index (χ2v) is 6.26. The Bertz CT molecular complexity index is 996. The summed E-state index contributed by atoms with van der Waals surface area (Å²) in [6, 6.07) is 10.6. The molecule has 29 heavy (non-hydrogen) atoms. The number of alkyl halides is 3. The van der Waals surface area contributed by atoms with E-state index in [-0.39, 0.29) is 10.8 Å². The number of halogens is 4. The molecule has 1 heterocycles. The molecule has 0 atom stereocenters. The van der Waals surface area contributed by atoms with E-state index in [1.165, 1.54) is 24.5 Å². The van der Waals surface area contributed by atoms with Gasteiger partial charge in [-0.25, -0.2) is 14.8 Å². The summed E-state index contributed by atoms with van der Waals surface area (Å²) < 4.78 is 37.7. The van der Waals surface area contributed by atoms with Crippen LogP contribution in [0.25, 0.3) is 0 Å². The van der Waals surface area contributed by atoms with Gasteiger partial charge in [-0.2, -0.15) is 13.2 Å². The first-order chi connectivity index (χ1) is 13.8. The average molecular weight is 422 g/mol. The van der Waals surface area contributed by atoms with Crippen molar-refractivity contribution in [3.63, 3.8) is 0 Å². The molecule has 0 aliphatic rings. The van der Waals surface area contributed by atoms with Gasteiger partial charge >= 0.3 is 12.2 Å². The number of urea groups is 1. The summed E-state index contributed by atoms with van der Waals surface area (Å²) in [5.74, 6) is 0.438. The van der Waals surface area contributed by atoms with E-state index >= 15 is 0 Å². The molecule has 2 aromatic carbocycles. The van der Waals surface area contributed by atoms with Crippen LogP contribution in [0.3, 0.4) is 0 Å². The molecule has 0 unspecified atom stereocenters. The number of aromatic nitrogens is 2. The summed E-state index contributed by atoms with van der Waals surface area (Å²) in [4.78, 5) is 20.1. The number of hydrogen-bond donors (Lipinski definition) is 3. The average Bonchev–Trinajstić information content (AvgIpc) is 2.67. The van der Waals surface area contributed by atoms with E-state index < -0.39 is 17.8 Å². The summed E-state index contributed by atoms with van der Waals surface area (Å²) >= 11 is 5.94. The fourth-order valence-electron chi connectivity index (χ4n) is 2.42. The van der Waals surface area contributed by atoms with Crippen LogP contribution < -0.4 is 16.0 Å². The first-order valence-electron chi connectivity index (χ1n) is 8.36. The van der Waals surface area contributed by atoms with Crippen molar-refractivity contribution >= 4 is 34.8 Å². The number of nitrogens with zero attached hydrogens (tertiary/aromatic N) is 2. The van der Waals surface area contributed by atoms with Gasteiger partial charge in [-0.05, 0) is 42.0 Å². The highest BCUT2D eigenvalue weighted by molar-refractivity contribution is 6.31. The number of rotatable bonds is 5. The van der Waals surface area contributed by atoms with Crippen LogP contribution in [0.4, 0.5) is 35.2 Å². The van der Waals surface area contributed by atoms with Crippen molar-refractivity contribution in [2.45, 2.75) is 12.7 Å². The molecule has 3 N–H and O–H groups in total. The second-order valence-electron chi connectivity index (χ2n) is 5.90. The van der Waals surface area contributed by atoms with Crippen molar-refractivity contribution in [1.82, 2.24) is 9.97 Å². The van der Waals surface area contributed by atoms with Gasteiger partial charge in [-0.3, -0.25) is 0 Å². The Kier molecular flexibility index (Phi) is 6.18. The number of amides is 2. The van der Waals surface area contributed by atoms with Crippen LogP contribution in [0, 0.1) is 0 Å². The van der Waals surface area contributed by atoms with E-state index in [2.05, 4.69) is 25.9 Å². The number of benzene rings is 2. The van der Waals surface area contributed by atoms with Crippen LogP contribution in [0.1, 0.15) is 11.1 Å². The molecule has 3 aromatic rings. The number of hydrogen-bond acceptors (Lipinski definition) is 4. The summed E-state index contributed by atoms with van der Waals surface area (Å²) in [6.45, 7) is 0.397. The minimum Gasteiger partial charge on any atom is -0.363 e. The van der Waals surface area contributed by atoms with Gasteiger partial charge in [0.05, 0.1) is 5.56 Å². The van der Waals surface area contributed by atoms with Gasteiger partial charge in [0.15, 0.2) is 11.0 Å². The van der Waals surface area contributed by atoms with Gasteiger partial charge in [0.1, 0.15) is 0 Å². The molecule has 0 aliphatic carbocycles. The molecule has 0 saturated carbocycles. The van der Waals surface area contributed by atoms with Crippen molar-refractivity contribution in [3.05, 3.63) is 77.2 Å². The molecule has 2 amide bonds. The highest BCUT2D eigenvalue weighted by atomic mass is 35.5. The summed E-state index contributed by atoms with van der Waals surface area (Å²) in [7, 11) is 0. The first-order valence-corrected chi connectivity index (χ1v) is 8.73. The van der Waals surface area contributed by atoms with Crippen molar-refractivity contribution in [1.29, 1.82) is 0 Å². The van der Waals surface area contributed by atoms with Crippen LogP contribution in [-0.2, 0) is 12.7 Å². The maximum atomic E-state index is 12.6. The molecule has 0 saturated heterocycles. The number of nitrogens with one attached hydrogen (secondary N) is 3. The maximum absolute atomic E-state index is 12.6. The van der Waals surface area contributed by atoms with Gasteiger partial charge in [0.2, 0.25) is 0 Å². The van der Waals surface area contributed by atoms with E-state index in [9.17, 15) is 18.0 Å². The van der Waals surface area contributed by atoms with E-state index in [1.807, 2.05) is 6.07 Å². The third-order valence-corrected chi connectivity index (χ3v) is 4.05. The Morgan fingerprint density at radius 1 is 0.966 bits per heavy atom. The van der Waals surface area contributed by atoms with Crippen LogP contribution in [0.5, 0.6) is 0 Å². The van der Waals surface area contributed by atoms with Crippen molar-refractivity contribution < 1.29 is 18.0 Å². The quantitative estimate of drug-likeness (QED) is 0.515. The molecule has 0 spiro atoms. The van der Waals surface area contributed by atoms with Crippen LogP contribution in [0.15, 0.2) is 60.9 Å². The molecular weight excluding hydrogens is 407 g/mol. The fourth-order valence-corrected chi connectivity index (χ4v) is 2.59. The zero-order valence-corrected chi connectivity index (χ0v) is 15.6. The highest BCUT2D eigenvalue weighted by Gasteiger charge is 2.29. The third kappa shape index (κ3) is 5.82. The maximum Gasteiger partial charge on any atom is 0.416 e. The number of carbonyl (C=O) groups excluding carboxylic acids is 1. The van der Waals surface area contributed by atoms with Crippen molar-refractivity contribution in [3.8, 4) is 0 Å². The predicted octanol–water partition coefficient (Wildman–Crippen LogP) is 5.40. The lowest BCUT2D eigenvalue weighted by molar-refractivity contribution is -0.137. The van der Waals surface area contributed by atoms with E-state index in [0.29, 0.717) is 18.1 Å². The molecular formula is C19H15ClF3N5O. The predicted molar refractivity (Wildman–Crippen MR) is 105 cm³/mol. The van der Waals surface area contributed by atoms with Crippen LogP contribution >= 0.6 is 11.6 Å². The Hall–Kier alpha value is -3.33. The second kappa shape index (κ2) is 8.78. The van der Waals surface area contributed by atoms with E-state index in [4.69, 9.17) is 11.6 Å². The molecule has 0 radical (unpaired) electrons. The Morgan fingerprint density at radius 3 is 2.34 bits per heavy atom. The van der Waals surface area contributed by atoms with Crippen molar-refractivity contribution in [2.24, 2.45) is 0 Å². The van der Waals surface area contributed by atoms with E-state index in [1.54, 1.807) is 18.2 Å². The number of carbonyl (C=O) groups is 1. The standard InChI is InChI=1S/C19H15ClF3N5O/c20-16-17(25-9-8-24-16)26-11-12-2-1-3-15(10-12)28-18(29)27-14-6-4-13(5-7-14)19(21,22)23/h1-10H,11H2,(H,25,26)(H2,27,28,29). The molecule has 0 bridgehead atoms. The van der Waals surface area contributed by atoms with Gasteiger partial charge in [-0.15, -0.1) is 0 Å². The zero-order chi connectivity index (χ0) is 20.9. The Labute approximate surface area is 169 Å². The lowest BCUT2D eigenvalue weighted by Gasteiger charge is -2.11. The normalized spacial score (nSPS) is 11.0. The molecule has 0 aliphatic heterocycles. The van der Waals surface area contributed by atoms with Gasteiger partial charge in [0.25, 0.3) is 0 Å². The summed E-state index contributed by atoms with van der Waals surface area (Å²) in [5.41, 5.74) is 0.815.